The highest BCUT2D eigenvalue weighted by Crippen LogP contribution is 2.58. The molecular weight excluding hydrogens is 294 g/mol. The van der Waals surface area contributed by atoms with Crippen LogP contribution in [0.25, 0.3) is 0 Å². The Kier molecular flexibility index (Phi) is 4.59. The van der Waals surface area contributed by atoms with E-state index in [4.69, 9.17) is 44.3 Å². The lowest BCUT2D eigenvalue weighted by Crippen LogP contribution is -2.58. The highest BCUT2D eigenvalue weighted by molar-refractivity contribution is 7.93. The zero-order valence-electron chi connectivity index (χ0n) is 9.51. The minimum absolute atomic E-state index is 0.195. The van der Waals surface area contributed by atoms with Crippen LogP contribution in [0.15, 0.2) is 0 Å². The predicted octanol–water partition coefficient (Wildman–Crippen LogP) is 5.50. The zero-order chi connectivity index (χ0) is 12.0. The molecule has 0 radical (unpaired) electrons. The van der Waals surface area contributed by atoms with E-state index in [2.05, 4.69) is 0 Å². The summed E-state index contributed by atoms with van der Waals surface area (Å²) in [6.07, 6.45) is -5.31. The molecule has 0 aromatic rings. The summed E-state index contributed by atoms with van der Waals surface area (Å²) in [6.45, 7) is 12.1. The maximum absolute atomic E-state index is 6.49. The Morgan fingerprint density at radius 2 is 0.714 bits per heavy atom. The fraction of sp³-hybridized carbons (Fsp3) is 1.00. The van der Waals surface area contributed by atoms with Crippen LogP contribution in [0.5, 0.6) is 0 Å². The van der Waals surface area contributed by atoms with E-state index in [1.54, 1.807) is 0 Å². The summed E-state index contributed by atoms with van der Waals surface area (Å²) in [6, 6.07) is 0. The second-order valence-electron chi connectivity index (χ2n) is 5.65. The number of hydrogen-bond donors (Lipinski definition) is 0. The molecule has 0 aromatic heterocycles. The van der Waals surface area contributed by atoms with Gasteiger partial charge in [-0.1, -0.05) is 41.5 Å². The van der Waals surface area contributed by atoms with Crippen molar-refractivity contribution < 1.29 is 0 Å². The normalized spacial score (nSPS) is 15.9. The lowest BCUT2D eigenvalue weighted by molar-refractivity contribution is 0.729. The molecule has 0 spiro atoms. The van der Waals surface area contributed by atoms with Crippen LogP contribution in [0.2, 0.25) is 10.1 Å². The van der Waals surface area contributed by atoms with Crippen molar-refractivity contribution in [2.24, 2.45) is 0 Å². The summed E-state index contributed by atoms with van der Waals surface area (Å²) in [7, 11) is 0. The third-order valence-electron chi connectivity index (χ3n) is 2.28. The largest absolute Gasteiger partial charge is 0.279 e. The second kappa shape index (κ2) is 4.12. The molecule has 0 nitrogen and oxygen atoms in total. The summed E-state index contributed by atoms with van der Waals surface area (Å²) in [5.41, 5.74) is 0. The van der Waals surface area contributed by atoms with E-state index in [1.165, 1.54) is 0 Å². The van der Waals surface area contributed by atoms with Crippen molar-refractivity contribution in [1.29, 1.82) is 0 Å². The number of hydrogen-bond acceptors (Lipinski definition) is 0. The van der Waals surface area contributed by atoms with Crippen LogP contribution in [0.1, 0.15) is 41.5 Å². The Hall–Kier alpha value is 1.59. The Bertz CT molecular complexity index is 188. The summed E-state index contributed by atoms with van der Waals surface area (Å²) in [5.74, 6) is 0. The van der Waals surface area contributed by atoms with Gasteiger partial charge in [0.25, 0.3) is 12.4 Å². The first kappa shape index (κ1) is 15.6. The smallest absolute Gasteiger partial charge is 0.146 e. The van der Waals surface area contributed by atoms with E-state index in [9.17, 15) is 0 Å². The molecule has 86 valence electrons. The first-order valence-electron chi connectivity index (χ1n) is 4.51. The average Bonchev–Trinajstić information content (AvgIpc) is 1.81. The molecule has 0 aliphatic rings. The second-order valence-corrected chi connectivity index (χ2v) is 27.2. The van der Waals surface area contributed by atoms with Gasteiger partial charge in [-0.2, -0.15) is 0 Å². The zero-order valence-corrected chi connectivity index (χ0v) is 14.5. The van der Waals surface area contributed by atoms with Gasteiger partial charge in [0.05, 0.1) is 0 Å². The molecular formula is C8H18Cl4Si2. The third-order valence-corrected chi connectivity index (χ3v) is 34.2. The van der Waals surface area contributed by atoms with Gasteiger partial charge in [-0.3, -0.25) is 0 Å². The maximum atomic E-state index is 6.49. The van der Waals surface area contributed by atoms with Gasteiger partial charge in [0.2, 0.25) is 0 Å². The fourth-order valence-corrected chi connectivity index (χ4v) is 18.7. The van der Waals surface area contributed by atoms with Crippen LogP contribution in [0.4, 0.5) is 0 Å². The molecule has 6 heteroatoms. The molecule has 0 aromatic carbocycles. The van der Waals surface area contributed by atoms with E-state index in [-0.39, 0.29) is 10.1 Å². The Balaban J connectivity index is 5.30. The maximum Gasteiger partial charge on any atom is 0.279 e. The van der Waals surface area contributed by atoms with Crippen LogP contribution in [-0.2, 0) is 0 Å². The van der Waals surface area contributed by atoms with Gasteiger partial charge in [0.1, 0.15) is 0 Å². The van der Waals surface area contributed by atoms with Gasteiger partial charge in [0.15, 0.2) is 0 Å². The van der Waals surface area contributed by atoms with E-state index < -0.39 is 12.4 Å². The quantitative estimate of drug-likeness (QED) is 0.443. The molecule has 0 atom stereocenters. The van der Waals surface area contributed by atoms with Gasteiger partial charge in [0, 0.05) is 0 Å². The van der Waals surface area contributed by atoms with Gasteiger partial charge in [-0.05, 0) is 10.1 Å². The first-order chi connectivity index (χ1) is 5.75. The van der Waals surface area contributed by atoms with Crippen molar-refractivity contribution in [3.63, 3.8) is 0 Å². The molecule has 0 bridgehead atoms. The Morgan fingerprint density at radius 1 is 0.571 bits per heavy atom. The molecule has 0 saturated carbocycles. The molecule has 0 amide bonds. The lowest BCUT2D eigenvalue weighted by atomic mass is 10.2. The molecule has 0 fully saturated rings. The van der Waals surface area contributed by atoms with E-state index in [0.717, 1.165) is 0 Å². The van der Waals surface area contributed by atoms with E-state index >= 15 is 0 Å². The Morgan fingerprint density at radius 3 is 0.786 bits per heavy atom. The summed E-state index contributed by atoms with van der Waals surface area (Å²) >= 11 is 26.0. The molecule has 0 N–H and O–H groups in total. The standard InChI is InChI=1S/C8H18Cl4Si2/c1-7(2,3)13(9,10)14(11,12)8(4,5)6/h1-6H3. The minimum atomic E-state index is -2.65. The van der Waals surface area contributed by atoms with Crippen LogP contribution >= 0.6 is 44.3 Å². The molecule has 0 heterocycles. The van der Waals surface area contributed by atoms with E-state index in [1.807, 2.05) is 41.5 Å². The van der Waals surface area contributed by atoms with Crippen molar-refractivity contribution >= 4 is 56.7 Å². The monoisotopic (exact) mass is 310 g/mol. The molecule has 0 aliphatic carbocycles. The molecule has 0 unspecified atom stereocenters. The third kappa shape index (κ3) is 2.64. The number of halogens is 4. The molecule has 0 rings (SSSR count). The average molecular weight is 312 g/mol. The van der Waals surface area contributed by atoms with Crippen molar-refractivity contribution in [3.05, 3.63) is 0 Å². The topological polar surface area (TPSA) is 0 Å². The summed E-state index contributed by atoms with van der Waals surface area (Å²) in [5, 5.41) is -0.391. The van der Waals surface area contributed by atoms with Gasteiger partial charge >= 0.3 is 0 Å². The number of rotatable bonds is 1. The minimum Gasteiger partial charge on any atom is -0.146 e. The molecule has 0 saturated heterocycles. The summed E-state index contributed by atoms with van der Waals surface area (Å²) < 4.78 is 0. The molecule has 14 heavy (non-hydrogen) atoms. The van der Waals surface area contributed by atoms with Crippen LogP contribution in [0, 0.1) is 0 Å². The highest BCUT2D eigenvalue weighted by Gasteiger charge is 2.65. The van der Waals surface area contributed by atoms with Crippen molar-refractivity contribution in [1.82, 2.24) is 0 Å². The Labute approximate surface area is 108 Å². The van der Waals surface area contributed by atoms with Crippen molar-refractivity contribution in [2.45, 2.75) is 51.6 Å². The van der Waals surface area contributed by atoms with Gasteiger partial charge < -0.3 is 0 Å². The van der Waals surface area contributed by atoms with Gasteiger partial charge in [-0.15, -0.1) is 44.3 Å². The van der Waals surface area contributed by atoms with Crippen LogP contribution in [0.3, 0.4) is 0 Å². The van der Waals surface area contributed by atoms with E-state index in [0.29, 0.717) is 0 Å². The summed E-state index contributed by atoms with van der Waals surface area (Å²) in [4.78, 5) is 0. The predicted molar refractivity (Wildman–Crippen MR) is 74.4 cm³/mol. The van der Waals surface area contributed by atoms with Crippen LogP contribution < -0.4 is 0 Å². The molecule has 0 aliphatic heterocycles. The van der Waals surface area contributed by atoms with Gasteiger partial charge in [-0.25, -0.2) is 0 Å². The van der Waals surface area contributed by atoms with Crippen molar-refractivity contribution in [3.8, 4) is 0 Å². The first-order valence-corrected chi connectivity index (χ1v) is 13.6. The van der Waals surface area contributed by atoms with Crippen molar-refractivity contribution in [2.75, 3.05) is 0 Å². The highest BCUT2D eigenvalue weighted by atomic mass is 35.8. The lowest BCUT2D eigenvalue weighted by Gasteiger charge is -2.44. The SMILES string of the molecule is CC(C)(C)[Si](Cl)(Cl)[Si](Cl)(Cl)C(C)(C)C. The fourth-order valence-electron chi connectivity index (χ4n) is 0.942. The van der Waals surface area contributed by atoms with Crippen LogP contribution in [-0.4, -0.2) is 12.4 Å².